The average Bonchev–Trinajstić information content (AvgIpc) is 2.84. The van der Waals surface area contributed by atoms with Crippen molar-refractivity contribution < 1.29 is 14.3 Å². The van der Waals surface area contributed by atoms with Gasteiger partial charge in [0, 0.05) is 11.6 Å². The fourth-order valence-electron chi connectivity index (χ4n) is 1.86. The Hall–Kier alpha value is -1.55. The molecule has 1 heterocycles. The van der Waals surface area contributed by atoms with Gasteiger partial charge in [-0.1, -0.05) is 6.92 Å². The van der Waals surface area contributed by atoms with Crippen molar-refractivity contribution in [3.8, 4) is 11.5 Å². The third kappa shape index (κ3) is 2.64. The van der Waals surface area contributed by atoms with Crippen LogP contribution in [0.2, 0.25) is 0 Å². The largest absolute Gasteiger partial charge is 0.454 e. The number of ether oxygens (including phenoxy) is 2. The third-order valence-electron chi connectivity index (χ3n) is 3.43. The lowest BCUT2D eigenvalue weighted by Gasteiger charge is -2.22. The molecule has 4 nitrogen and oxygen atoms in total. The van der Waals surface area contributed by atoms with E-state index in [0.29, 0.717) is 29.6 Å². The number of carbonyl (C=O) groups excluding carboxylic acids is 1. The first-order valence-electron chi connectivity index (χ1n) is 6.25. The second kappa shape index (κ2) is 5.40. The van der Waals surface area contributed by atoms with Gasteiger partial charge in [-0.05, 0) is 38.6 Å². The Labute approximate surface area is 107 Å². The summed E-state index contributed by atoms with van der Waals surface area (Å²) in [6.45, 7) is 4.90. The summed E-state index contributed by atoms with van der Waals surface area (Å²) in [5.41, 5.74) is 0.675. The van der Waals surface area contributed by atoms with Crippen LogP contribution in [0.4, 0.5) is 0 Å². The molecule has 1 unspecified atom stereocenters. The van der Waals surface area contributed by atoms with Crippen LogP contribution in [0, 0.1) is 0 Å². The van der Waals surface area contributed by atoms with Gasteiger partial charge < -0.3 is 9.47 Å². The van der Waals surface area contributed by atoms with E-state index in [-0.39, 0.29) is 12.6 Å². The lowest BCUT2D eigenvalue weighted by molar-refractivity contribution is 0.0923. The summed E-state index contributed by atoms with van der Waals surface area (Å²) in [6.07, 6.45) is 1.03. The van der Waals surface area contributed by atoms with Gasteiger partial charge in [0.25, 0.3) is 0 Å². The lowest BCUT2D eigenvalue weighted by Crippen LogP contribution is -2.33. The van der Waals surface area contributed by atoms with Gasteiger partial charge in [-0.2, -0.15) is 0 Å². The molecule has 0 fully saturated rings. The molecule has 2 rings (SSSR count). The van der Waals surface area contributed by atoms with Crippen molar-refractivity contribution in [2.45, 2.75) is 26.3 Å². The maximum absolute atomic E-state index is 12.1. The molecule has 0 aromatic heterocycles. The fraction of sp³-hybridized carbons (Fsp3) is 0.500. The Morgan fingerprint density at radius 1 is 1.39 bits per heavy atom. The summed E-state index contributed by atoms with van der Waals surface area (Å²) in [6, 6.07) is 5.75. The zero-order valence-electron chi connectivity index (χ0n) is 11.1. The van der Waals surface area contributed by atoms with E-state index in [2.05, 4.69) is 18.7 Å². The molecule has 1 atom stereocenters. The van der Waals surface area contributed by atoms with Gasteiger partial charge in [0.2, 0.25) is 6.79 Å². The molecule has 4 heteroatoms. The predicted molar refractivity (Wildman–Crippen MR) is 69.3 cm³/mol. The summed E-state index contributed by atoms with van der Waals surface area (Å²) in [5.74, 6) is 1.48. The van der Waals surface area contributed by atoms with Crippen LogP contribution in [0.3, 0.4) is 0 Å². The maximum atomic E-state index is 12.1. The minimum Gasteiger partial charge on any atom is -0.454 e. The summed E-state index contributed by atoms with van der Waals surface area (Å²) in [7, 11) is 1.97. The minimum atomic E-state index is 0.108. The molecule has 98 valence electrons. The molecular weight excluding hydrogens is 230 g/mol. The number of hydrogen-bond donors (Lipinski definition) is 0. The smallest absolute Gasteiger partial charge is 0.231 e. The van der Waals surface area contributed by atoms with E-state index in [0.717, 1.165) is 6.42 Å². The van der Waals surface area contributed by atoms with E-state index in [9.17, 15) is 4.79 Å². The average molecular weight is 249 g/mol. The number of nitrogens with zero attached hydrogens (tertiary/aromatic N) is 1. The highest BCUT2D eigenvalue weighted by Crippen LogP contribution is 2.32. The molecule has 18 heavy (non-hydrogen) atoms. The summed E-state index contributed by atoms with van der Waals surface area (Å²) in [5, 5.41) is 0. The first-order chi connectivity index (χ1) is 8.61. The van der Waals surface area contributed by atoms with Crippen LogP contribution < -0.4 is 9.47 Å². The van der Waals surface area contributed by atoms with E-state index in [1.165, 1.54) is 0 Å². The van der Waals surface area contributed by atoms with Crippen LogP contribution in [-0.2, 0) is 0 Å². The maximum Gasteiger partial charge on any atom is 0.231 e. The second-order valence-electron chi connectivity index (χ2n) is 4.66. The lowest BCUT2D eigenvalue weighted by atomic mass is 10.1. The SMILES string of the molecule is CCC(C)N(C)CC(=O)c1ccc2c(c1)OCO2. The highest BCUT2D eigenvalue weighted by Gasteiger charge is 2.18. The van der Waals surface area contributed by atoms with Crippen LogP contribution in [0.15, 0.2) is 18.2 Å². The van der Waals surface area contributed by atoms with Crippen molar-refractivity contribution in [3.63, 3.8) is 0 Å². The Bertz CT molecular complexity index is 445. The molecule has 0 spiro atoms. The normalized spacial score (nSPS) is 14.9. The van der Waals surface area contributed by atoms with E-state index in [1.807, 2.05) is 7.05 Å². The van der Waals surface area contributed by atoms with Gasteiger partial charge in [0.05, 0.1) is 6.54 Å². The van der Waals surface area contributed by atoms with Gasteiger partial charge in [-0.15, -0.1) is 0 Å². The molecule has 0 aliphatic carbocycles. The Balaban J connectivity index is 2.05. The second-order valence-corrected chi connectivity index (χ2v) is 4.66. The number of carbonyl (C=O) groups is 1. The Kier molecular flexibility index (Phi) is 3.87. The summed E-state index contributed by atoms with van der Waals surface area (Å²) >= 11 is 0. The van der Waals surface area contributed by atoms with Crippen molar-refractivity contribution in [2.24, 2.45) is 0 Å². The molecule has 1 aliphatic rings. The minimum absolute atomic E-state index is 0.108. The first-order valence-corrected chi connectivity index (χ1v) is 6.25. The van der Waals surface area contributed by atoms with Crippen molar-refractivity contribution >= 4 is 5.78 Å². The van der Waals surface area contributed by atoms with Gasteiger partial charge in [-0.3, -0.25) is 9.69 Å². The zero-order valence-corrected chi connectivity index (χ0v) is 11.1. The number of fused-ring (bicyclic) bond motifs is 1. The molecule has 0 amide bonds. The van der Waals surface area contributed by atoms with Gasteiger partial charge in [-0.25, -0.2) is 0 Å². The molecule has 1 aliphatic heterocycles. The number of rotatable bonds is 5. The van der Waals surface area contributed by atoms with Crippen molar-refractivity contribution in [1.29, 1.82) is 0 Å². The summed E-state index contributed by atoms with van der Waals surface area (Å²) in [4.78, 5) is 14.2. The first kappa shape index (κ1) is 12.9. The topological polar surface area (TPSA) is 38.8 Å². The van der Waals surface area contributed by atoms with E-state index in [1.54, 1.807) is 18.2 Å². The number of hydrogen-bond acceptors (Lipinski definition) is 4. The molecule has 0 N–H and O–H groups in total. The predicted octanol–water partition coefficient (Wildman–Crippen LogP) is 2.33. The van der Waals surface area contributed by atoms with Gasteiger partial charge in [0.1, 0.15) is 0 Å². The molecule has 0 saturated carbocycles. The molecule has 0 bridgehead atoms. The van der Waals surface area contributed by atoms with E-state index in [4.69, 9.17) is 9.47 Å². The van der Waals surface area contributed by atoms with Crippen LogP contribution in [0.5, 0.6) is 11.5 Å². The van der Waals surface area contributed by atoms with Gasteiger partial charge in [0.15, 0.2) is 17.3 Å². The zero-order chi connectivity index (χ0) is 13.1. The third-order valence-corrected chi connectivity index (χ3v) is 3.43. The molecule has 1 aromatic rings. The standard InChI is InChI=1S/C14H19NO3/c1-4-10(2)15(3)8-12(16)11-5-6-13-14(7-11)18-9-17-13/h5-7,10H,4,8-9H2,1-3H3. The van der Waals surface area contributed by atoms with Gasteiger partial charge >= 0.3 is 0 Å². The van der Waals surface area contributed by atoms with Crippen molar-refractivity contribution in [2.75, 3.05) is 20.4 Å². The van der Waals surface area contributed by atoms with E-state index >= 15 is 0 Å². The quantitative estimate of drug-likeness (QED) is 0.751. The van der Waals surface area contributed by atoms with Crippen molar-refractivity contribution in [1.82, 2.24) is 4.90 Å². The van der Waals surface area contributed by atoms with Crippen LogP contribution >= 0.6 is 0 Å². The fourth-order valence-corrected chi connectivity index (χ4v) is 1.86. The number of likely N-dealkylation sites (N-methyl/N-ethyl adjacent to an activating group) is 1. The van der Waals surface area contributed by atoms with Crippen LogP contribution in [0.1, 0.15) is 30.6 Å². The Morgan fingerprint density at radius 3 is 2.83 bits per heavy atom. The summed E-state index contributed by atoms with van der Waals surface area (Å²) < 4.78 is 10.5. The monoisotopic (exact) mass is 249 g/mol. The number of Topliss-reactive ketones (excluding diaryl/α,β-unsaturated/α-hetero) is 1. The van der Waals surface area contributed by atoms with Crippen molar-refractivity contribution in [3.05, 3.63) is 23.8 Å². The van der Waals surface area contributed by atoms with Crippen LogP contribution in [-0.4, -0.2) is 37.1 Å². The van der Waals surface area contributed by atoms with Crippen LogP contribution in [0.25, 0.3) is 0 Å². The number of ketones is 1. The highest BCUT2D eigenvalue weighted by molar-refractivity contribution is 5.98. The molecule has 0 saturated heterocycles. The number of benzene rings is 1. The Morgan fingerprint density at radius 2 is 2.11 bits per heavy atom. The molecule has 1 aromatic carbocycles. The highest BCUT2D eigenvalue weighted by atomic mass is 16.7. The molecule has 0 radical (unpaired) electrons. The molecular formula is C14H19NO3. The van der Waals surface area contributed by atoms with E-state index < -0.39 is 0 Å².